The van der Waals surface area contributed by atoms with Gasteiger partial charge < -0.3 is 14.7 Å². The number of rotatable bonds is 6. The molecular weight excluding hydrogens is 472 g/mol. The number of hydrogen-bond donors (Lipinski definition) is 1. The monoisotopic (exact) mass is 504 g/mol. The number of imide groups is 1. The third kappa shape index (κ3) is 4.54. The van der Waals surface area contributed by atoms with Crippen LogP contribution in [0, 0.1) is 11.3 Å². The fraction of sp³-hybridized carbons (Fsp3) is 0.429. The molecule has 3 aromatic rings. The quantitative estimate of drug-likeness (QED) is 0.508. The minimum Gasteiger partial charge on any atom is -0.497 e. The third-order valence-corrected chi connectivity index (χ3v) is 7.45. The summed E-state index contributed by atoms with van der Waals surface area (Å²) in [5.41, 5.74) is 2.34. The SMILES string of the molecule is COc1ccc(CN2C(=O)CCC(n3cc4cc(N5CC(C(=O)O)C5C(C)(C)C)ccc4n3)C2=O)cc1. The number of carboxylic acids is 1. The number of nitrogens with zero attached hydrogens (tertiary/aromatic N) is 4. The Balaban J connectivity index is 1.37. The van der Waals surface area contributed by atoms with Crippen molar-refractivity contribution in [2.75, 3.05) is 18.6 Å². The smallest absolute Gasteiger partial charge is 0.310 e. The van der Waals surface area contributed by atoms with Crippen LogP contribution in [0.5, 0.6) is 5.75 Å². The molecule has 0 bridgehead atoms. The highest BCUT2D eigenvalue weighted by atomic mass is 16.5. The van der Waals surface area contributed by atoms with E-state index < -0.39 is 17.9 Å². The van der Waals surface area contributed by atoms with Crippen LogP contribution in [0.25, 0.3) is 10.9 Å². The topological polar surface area (TPSA) is 105 Å². The first-order valence-corrected chi connectivity index (χ1v) is 12.5. The second-order valence-electron chi connectivity index (χ2n) is 11.0. The molecule has 1 aromatic heterocycles. The van der Waals surface area contributed by atoms with Crippen LogP contribution in [0.1, 0.15) is 45.2 Å². The first kappa shape index (κ1) is 24.8. The van der Waals surface area contributed by atoms with E-state index in [1.54, 1.807) is 11.8 Å². The zero-order chi connectivity index (χ0) is 26.5. The minimum atomic E-state index is -0.769. The zero-order valence-electron chi connectivity index (χ0n) is 21.5. The Kier molecular flexibility index (Phi) is 6.17. The third-order valence-electron chi connectivity index (χ3n) is 7.45. The lowest BCUT2D eigenvalue weighted by Crippen LogP contribution is -2.64. The van der Waals surface area contributed by atoms with Gasteiger partial charge in [0.25, 0.3) is 5.91 Å². The van der Waals surface area contributed by atoms with Crippen LogP contribution in [-0.2, 0) is 20.9 Å². The number of piperidine rings is 1. The van der Waals surface area contributed by atoms with Gasteiger partial charge >= 0.3 is 5.97 Å². The molecule has 3 heterocycles. The molecule has 0 radical (unpaired) electrons. The summed E-state index contributed by atoms with van der Waals surface area (Å²) >= 11 is 0. The molecule has 2 saturated heterocycles. The maximum Gasteiger partial charge on any atom is 0.310 e. The Bertz CT molecular complexity index is 1360. The molecule has 194 valence electrons. The Hall–Kier alpha value is -3.88. The van der Waals surface area contributed by atoms with Crippen LogP contribution in [-0.4, -0.2) is 57.3 Å². The van der Waals surface area contributed by atoms with Crippen molar-refractivity contribution in [3.8, 4) is 5.75 Å². The zero-order valence-corrected chi connectivity index (χ0v) is 21.5. The summed E-state index contributed by atoms with van der Waals surface area (Å²) in [5, 5.41) is 15.2. The van der Waals surface area contributed by atoms with Crippen molar-refractivity contribution < 1.29 is 24.2 Å². The Labute approximate surface area is 215 Å². The van der Waals surface area contributed by atoms with Crippen molar-refractivity contribution in [2.45, 2.75) is 52.2 Å². The highest BCUT2D eigenvalue weighted by Gasteiger charge is 2.49. The number of carbonyl (C=O) groups is 3. The standard InChI is InChI=1S/C28H32N4O5/c1-28(2,3)25-21(27(35)36)16-30(25)19-7-10-22-18(13-19)15-32(29-22)23-11-12-24(33)31(26(23)34)14-17-5-8-20(37-4)9-6-17/h5-10,13,15,21,23,25H,11-12,14,16H2,1-4H3,(H,35,36). The summed E-state index contributed by atoms with van der Waals surface area (Å²) in [7, 11) is 1.59. The number of carboxylic acid groups (broad SMARTS) is 1. The maximum absolute atomic E-state index is 13.4. The van der Waals surface area contributed by atoms with Crippen LogP contribution in [0.4, 0.5) is 5.69 Å². The summed E-state index contributed by atoms with van der Waals surface area (Å²) < 4.78 is 6.86. The maximum atomic E-state index is 13.4. The second kappa shape index (κ2) is 9.21. The number of aliphatic carboxylic acids is 1. The van der Waals surface area contributed by atoms with E-state index in [0.29, 0.717) is 18.7 Å². The molecule has 9 heteroatoms. The van der Waals surface area contributed by atoms with Crippen LogP contribution < -0.4 is 9.64 Å². The molecule has 37 heavy (non-hydrogen) atoms. The lowest BCUT2D eigenvalue weighted by atomic mass is 9.72. The highest BCUT2D eigenvalue weighted by Crippen LogP contribution is 2.42. The molecule has 9 nitrogen and oxygen atoms in total. The predicted octanol–water partition coefficient (Wildman–Crippen LogP) is 3.87. The first-order valence-electron chi connectivity index (χ1n) is 12.5. The first-order chi connectivity index (χ1) is 17.6. The van der Waals surface area contributed by atoms with E-state index >= 15 is 0 Å². The fourth-order valence-electron chi connectivity index (χ4n) is 5.57. The number of methoxy groups -OCH3 is 1. The van der Waals surface area contributed by atoms with Crippen molar-refractivity contribution in [1.29, 1.82) is 0 Å². The van der Waals surface area contributed by atoms with Gasteiger partial charge in [0.2, 0.25) is 5.91 Å². The number of amides is 2. The van der Waals surface area contributed by atoms with Gasteiger partial charge in [-0.05, 0) is 47.7 Å². The van der Waals surface area contributed by atoms with E-state index in [-0.39, 0.29) is 36.2 Å². The van der Waals surface area contributed by atoms with E-state index in [1.807, 2.05) is 48.7 Å². The van der Waals surface area contributed by atoms with Gasteiger partial charge in [0.15, 0.2) is 0 Å². The van der Waals surface area contributed by atoms with Crippen LogP contribution in [0.15, 0.2) is 48.7 Å². The van der Waals surface area contributed by atoms with Gasteiger partial charge in [-0.3, -0.25) is 24.0 Å². The van der Waals surface area contributed by atoms with Crippen molar-refractivity contribution in [1.82, 2.24) is 14.7 Å². The Morgan fingerprint density at radius 3 is 2.51 bits per heavy atom. The molecule has 2 aliphatic rings. The average molecular weight is 505 g/mol. The number of anilines is 1. The van der Waals surface area contributed by atoms with Crippen molar-refractivity contribution in [3.63, 3.8) is 0 Å². The van der Waals surface area contributed by atoms with Gasteiger partial charge in [0, 0.05) is 36.3 Å². The number of fused-ring (bicyclic) bond motifs is 1. The van der Waals surface area contributed by atoms with Gasteiger partial charge in [-0.2, -0.15) is 5.10 Å². The normalized spacial score (nSPS) is 22.3. The summed E-state index contributed by atoms with van der Waals surface area (Å²) in [6.07, 6.45) is 2.52. The van der Waals surface area contributed by atoms with E-state index in [9.17, 15) is 19.5 Å². The number of carbonyl (C=O) groups excluding carboxylic acids is 2. The number of hydrogen-bond acceptors (Lipinski definition) is 6. The predicted molar refractivity (Wildman–Crippen MR) is 138 cm³/mol. The molecule has 0 spiro atoms. The number of aromatic nitrogens is 2. The molecule has 2 fully saturated rings. The molecule has 2 amide bonds. The van der Waals surface area contributed by atoms with Gasteiger partial charge in [0.1, 0.15) is 11.8 Å². The molecule has 2 aliphatic heterocycles. The summed E-state index contributed by atoms with van der Waals surface area (Å²) in [6.45, 7) is 6.84. The molecule has 1 N–H and O–H groups in total. The Morgan fingerprint density at radius 1 is 1.14 bits per heavy atom. The molecule has 0 saturated carbocycles. The molecule has 3 unspecified atom stereocenters. The van der Waals surface area contributed by atoms with Crippen molar-refractivity contribution in [2.24, 2.45) is 11.3 Å². The minimum absolute atomic E-state index is 0.116. The van der Waals surface area contributed by atoms with Gasteiger partial charge in [-0.15, -0.1) is 0 Å². The van der Waals surface area contributed by atoms with Crippen molar-refractivity contribution >= 4 is 34.4 Å². The van der Waals surface area contributed by atoms with Gasteiger partial charge in [-0.1, -0.05) is 32.9 Å². The average Bonchev–Trinajstić information content (AvgIpc) is 3.23. The number of likely N-dealkylation sites (tertiary alicyclic amines) is 1. The summed E-state index contributed by atoms with van der Waals surface area (Å²) in [6, 6.07) is 12.5. The lowest BCUT2D eigenvalue weighted by molar-refractivity contribution is -0.152. The van der Waals surface area contributed by atoms with E-state index in [2.05, 4.69) is 30.8 Å². The molecule has 0 aliphatic carbocycles. The highest BCUT2D eigenvalue weighted by molar-refractivity contribution is 5.99. The second-order valence-corrected chi connectivity index (χ2v) is 11.0. The number of benzene rings is 2. The van der Waals surface area contributed by atoms with Crippen LogP contribution in [0.3, 0.4) is 0 Å². The van der Waals surface area contributed by atoms with E-state index in [1.165, 1.54) is 4.90 Å². The van der Waals surface area contributed by atoms with Gasteiger partial charge in [0.05, 0.1) is 25.1 Å². The molecule has 3 atom stereocenters. The molecular formula is C28H32N4O5. The largest absolute Gasteiger partial charge is 0.497 e. The van der Waals surface area contributed by atoms with Crippen LogP contribution >= 0.6 is 0 Å². The van der Waals surface area contributed by atoms with Gasteiger partial charge in [-0.25, -0.2) is 0 Å². The molecule has 2 aromatic carbocycles. The lowest BCUT2D eigenvalue weighted by Gasteiger charge is -2.53. The fourth-order valence-corrected chi connectivity index (χ4v) is 5.57. The Morgan fingerprint density at radius 2 is 1.86 bits per heavy atom. The van der Waals surface area contributed by atoms with Crippen LogP contribution in [0.2, 0.25) is 0 Å². The molecule has 5 rings (SSSR count). The summed E-state index contributed by atoms with van der Waals surface area (Å²) in [4.78, 5) is 41.2. The number of ether oxygens (including phenoxy) is 1. The van der Waals surface area contributed by atoms with E-state index in [0.717, 1.165) is 22.2 Å². The van der Waals surface area contributed by atoms with Crippen molar-refractivity contribution in [3.05, 3.63) is 54.2 Å². The summed E-state index contributed by atoms with van der Waals surface area (Å²) in [5.74, 6) is -0.914. The van der Waals surface area contributed by atoms with E-state index in [4.69, 9.17) is 4.74 Å².